The van der Waals surface area contributed by atoms with Crippen LogP contribution in [0.15, 0.2) is 60.7 Å². The monoisotopic (exact) mass is 329 g/mol. The van der Waals surface area contributed by atoms with E-state index in [4.69, 9.17) is 10.5 Å². The number of ether oxygens (including phenoxy) is 1. The second kappa shape index (κ2) is 5.98. The number of nitrogens with two attached hydrogens (primary N) is 1. The minimum absolute atomic E-state index is 0.428. The molecule has 0 aliphatic rings. The number of rotatable bonds is 4. The first-order valence-electron chi connectivity index (χ1n) is 8.03. The van der Waals surface area contributed by atoms with E-state index in [1.807, 2.05) is 48.5 Å². The Hall–Kier alpha value is -3.27. The van der Waals surface area contributed by atoms with Gasteiger partial charge in [0.15, 0.2) is 0 Å². The third kappa shape index (κ3) is 2.52. The Labute approximate surface area is 145 Å². The number of aromatic nitrogens is 1. The molecule has 0 bridgehead atoms. The van der Waals surface area contributed by atoms with Crippen molar-refractivity contribution in [2.75, 3.05) is 7.11 Å². The van der Waals surface area contributed by atoms with Crippen LogP contribution in [0.25, 0.3) is 21.8 Å². The Morgan fingerprint density at radius 2 is 1.92 bits per heavy atom. The lowest BCUT2D eigenvalue weighted by molar-refractivity contribution is 0.100. The van der Waals surface area contributed by atoms with Crippen LogP contribution >= 0.6 is 0 Å². The molecule has 0 aliphatic carbocycles. The van der Waals surface area contributed by atoms with E-state index in [-0.39, 0.29) is 0 Å². The van der Waals surface area contributed by atoms with Crippen molar-refractivity contribution in [2.45, 2.75) is 6.54 Å². The molecular weight excluding hydrogens is 312 g/mol. The fourth-order valence-corrected chi connectivity index (χ4v) is 3.34. The Morgan fingerprint density at radius 3 is 2.72 bits per heavy atom. The van der Waals surface area contributed by atoms with Crippen LogP contribution in [0.5, 0.6) is 5.75 Å². The Balaban J connectivity index is 1.99. The van der Waals surface area contributed by atoms with Gasteiger partial charge in [-0.2, -0.15) is 0 Å². The van der Waals surface area contributed by atoms with Crippen LogP contribution < -0.4 is 10.5 Å². The lowest BCUT2D eigenvalue weighted by Gasteiger charge is -2.09. The van der Waals surface area contributed by atoms with Gasteiger partial charge in [0.05, 0.1) is 18.1 Å². The molecule has 0 spiro atoms. The van der Waals surface area contributed by atoms with Crippen LogP contribution in [-0.2, 0) is 6.54 Å². The van der Waals surface area contributed by atoms with Crippen LogP contribution in [0.1, 0.15) is 15.9 Å². The normalized spacial score (nSPS) is 11.1. The summed E-state index contributed by atoms with van der Waals surface area (Å²) in [5.41, 5.74) is 9.22. The van der Waals surface area contributed by atoms with Gasteiger partial charge in [-0.3, -0.25) is 4.79 Å². The van der Waals surface area contributed by atoms with Crippen LogP contribution in [0.4, 0.5) is 0 Å². The molecule has 4 nitrogen and oxygen atoms in total. The average molecular weight is 329 g/mol. The maximum absolute atomic E-state index is 11.9. The molecule has 0 fully saturated rings. The van der Waals surface area contributed by atoms with Gasteiger partial charge >= 0.3 is 0 Å². The van der Waals surface area contributed by atoms with Crippen molar-refractivity contribution in [2.24, 2.45) is 5.73 Å². The van der Waals surface area contributed by atoms with Crippen LogP contribution in [0.2, 0.25) is 0 Å². The molecule has 4 heteroatoms. The lowest BCUT2D eigenvalue weighted by Crippen LogP contribution is -2.11. The van der Waals surface area contributed by atoms with E-state index >= 15 is 0 Å². The number of hydrogen-bond donors (Lipinski definition) is 1. The molecule has 1 aromatic heterocycles. The molecule has 1 heterocycles. The summed E-state index contributed by atoms with van der Waals surface area (Å²) in [4.78, 5) is 11.9. The lowest BCUT2D eigenvalue weighted by atomic mass is 10.1. The summed E-state index contributed by atoms with van der Waals surface area (Å²) in [7, 11) is 1.66. The molecule has 4 rings (SSSR count). The summed E-state index contributed by atoms with van der Waals surface area (Å²) in [6.07, 6.45) is 0. The Kier molecular flexibility index (Phi) is 3.65. The molecule has 25 heavy (non-hydrogen) atoms. The van der Waals surface area contributed by atoms with E-state index in [2.05, 4.69) is 16.7 Å². The van der Waals surface area contributed by atoms with Crippen molar-refractivity contribution >= 4 is 27.7 Å². The van der Waals surface area contributed by atoms with E-state index < -0.39 is 5.91 Å². The summed E-state index contributed by atoms with van der Waals surface area (Å²) in [6, 6.07) is 22.7. The number of benzene rings is 3. The van der Waals surface area contributed by atoms with Crippen molar-refractivity contribution in [3.05, 3.63) is 77.9 Å². The summed E-state index contributed by atoms with van der Waals surface area (Å²) < 4.78 is 7.51. The highest BCUT2D eigenvalue weighted by Gasteiger charge is 2.16. The molecule has 1 amide bonds. The van der Waals surface area contributed by atoms with Crippen molar-refractivity contribution in [1.82, 2.24) is 4.57 Å². The average Bonchev–Trinajstić information content (AvgIpc) is 2.96. The highest BCUT2D eigenvalue weighted by molar-refractivity contribution is 6.17. The van der Waals surface area contributed by atoms with E-state index in [1.165, 1.54) is 0 Å². The third-order valence-corrected chi connectivity index (χ3v) is 4.45. The van der Waals surface area contributed by atoms with Gasteiger partial charge in [-0.25, -0.2) is 0 Å². The molecule has 4 aromatic rings. The highest BCUT2D eigenvalue weighted by Crippen LogP contribution is 2.32. The Bertz CT molecular complexity index is 1100. The van der Waals surface area contributed by atoms with Crippen LogP contribution in [0, 0.1) is 6.07 Å². The third-order valence-electron chi connectivity index (χ3n) is 4.45. The van der Waals surface area contributed by atoms with Gasteiger partial charge in [0.25, 0.3) is 0 Å². The van der Waals surface area contributed by atoms with Gasteiger partial charge in [0.1, 0.15) is 5.75 Å². The van der Waals surface area contributed by atoms with Gasteiger partial charge < -0.3 is 15.0 Å². The molecule has 0 saturated heterocycles. The first kappa shape index (κ1) is 15.3. The number of carbonyl (C=O) groups excluding carboxylic acids is 1. The van der Waals surface area contributed by atoms with Gasteiger partial charge in [-0.15, -0.1) is 0 Å². The number of carbonyl (C=O) groups is 1. The summed E-state index contributed by atoms with van der Waals surface area (Å²) in [5.74, 6) is 0.394. The van der Waals surface area contributed by atoms with Crippen LogP contribution in [0.3, 0.4) is 0 Å². The largest absolute Gasteiger partial charge is 0.497 e. The second-order valence-electron chi connectivity index (χ2n) is 5.93. The van der Waals surface area contributed by atoms with Crippen molar-refractivity contribution in [3.8, 4) is 5.75 Å². The summed E-state index contributed by atoms with van der Waals surface area (Å²) in [6.45, 7) is 0.664. The smallest absolute Gasteiger partial charge is 0.249 e. The molecule has 3 aromatic carbocycles. The number of methoxy groups -OCH3 is 1. The zero-order valence-electron chi connectivity index (χ0n) is 13.8. The minimum Gasteiger partial charge on any atom is -0.497 e. The number of amides is 1. The zero-order valence-corrected chi connectivity index (χ0v) is 13.8. The van der Waals surface area contributed by atoms with E-state index in [1.54, 1.807) is 13.2 Å². The molecule has 0 saturated carbocycles. The topological polar surface area (TPSA) is 57.2 Å². The SMILES string of the molecule is COc1cccc(Cn2c3ccc[c]c3c3c(C(N)=O)cccc32)c1. The zero-order chi connectivity index (χ0) is 17.4. The van der Waals surface area contributed by atoms with Crippen molar-refractivity contribution in [3.63, 3.8) is 0 Å². The minimum atomic E-state index is -0.428. The summed E-state index contributed by atoms with van der Waals surface area (Å²) >= 11 is 0. The van der Waals surface area contributed by atoms with Crippen molar-refractivity contribution < 1.29 is 9.53 Å². The Morgan fingerprint density at radius 1 is 1.12 bits per heavy atom. The number of primary amides is 1. The number of fused-ring (bicyclic) bond motifs is 3. The van der Waals surface area contributed by atoms with E-state index in [0.29, 0.717) is 12.1 Å². The molecule has 0 atom stereocenters. The summed E-state index contributed by atoms with van der Waals surface area (Å²) in [5, 5.41) is 1.77. The standard InChI is InChI=1S/C21H17N2O2/c1-25-15-7-4-6-14(12-15)13-23-18-10-3-2-8-16(18)20-17(21(22)24)9-5-11-19(20)23/h2-7,9-12H,13H2,1H3,(H2,22,24). The maximum atomic E-state index is 11.9. The molecular formula is C21H17N2O2. The first-order valence-corrected chi connectivity index (χ1v) is 8.03. The first-order chi connectivity index (χ1) is 12.2. The van der Waals surface area contributed by atoms with Gasteiger partial charge in [-0.05, 0) is 42.0 Å². The highest BCUT2D eigenvalue weighted by atomic mass is 16.5. The molecule has 2 N–H and O–H groups in total. The van der Waals surface area contributed by atoms with E-state index in [0.717, 1.165) is 33.1 Å². The van der Waals surface area contributed by atoms with Crippen LogP contribution in [-0.4, -0.2) is 17.6 Å². The predicted molar refractivity (Wildman–Crippen MR) is 98.9 cm³/mol. The quantitative estimate of drug-likeness (QED) is 0.620. The number of hydrogen-bond acceptors (Lipinski definition) is 2. The second-order valence-corrected chi connectivity index (χ2v) is 5.93. The molecule has 1 radical (unpaired) electrons. The maximum Gasteiger partial charge on any atom is 0.249 e. The van der Waals surface area contributed by atoms with Gasteiger partial charge in [-0.1, -0.05) is 30.3 Å². The van der Waals surface area contributed by atoms with Crippen molar-refractivity contribution in [1.29, 1.82) is 0 Å². The molecule has 123 valence electrons. The number of nitrogens with zero attached hydrogens (tertiary/aromatic N) is 1. The fraction of sp³-hybridized carbons (Fsp3) is 0.0952. The molecule has 0 unspecified atom stereocenters. The van der Waals surface area contributed by atoms with Gasteiger partial charge in [0, 0.05) is 22.9 Å². The molecule has 0 aliphatic heterocycles. The predicted octanol–water partition coefficient (Wildman–Crippen LogP) is 3.75. The fourth-order valence-electron chi connectivity index (χ4n) is 3.34. The van der Waals surface area contributed by atoms with Gasteiger partial charge in [0.2, 0.25) is 5.91 Å². The van der Waals surface area contributed by atoms with E-state index in [9.17, 15) is 4.79 Å².